The van der Waals surface area contributed by atoms with E-state index < -0.39 is 0 Å². The first kappa shape index (κ1) is 13.1. The van der Waals surface area contributed by atoms with E-state index in [0.717, 1.165) is 19.4 Å². The third-order valence-electron chi connectivity index (χ3n) is 4.21. The fraction of sp³-hybridized carbons (Fsp3) is 0.692. The van der Waals surface area contributed by atoms with Crippen molar-refractivity contribution >= 4 is 11.8 Å². The Hall–Kier alpha value is -1.92. The molecule has 1 aromatic rings. The van der Waals surface area contributed by atoms with E-state index in [9.17, 15) is 9.59 Å². The summed E-state index contributed by atoms with van der Waals surface area (Å²) in [6.07, 6.45) is 5.54. The summed E-state index contributed by atoms with van der Waals surface area (Å²) in [6, 6.07) is 0.199. The number of likely N-dealkylation sites (tertiary alicyclic amines) is 2. The molecule has 0 radical (unpaired) electrons. The van der Waals surface area contributed by atoms with Crippen LogP contribution in [0.4, 0.5) is 0 Å². The van der Waals surface area contributed by atoms with Crippen molar-refractivity contribution in [3.63, 3.8) is 0 Å². The summed E-state index contributed by atoms with van der Waals surface area (Å²) in [5, 5.41) is 4.16. The van der Waals surface area contributed by atoms with E-state index in [1.165, 1.54) is 6.33 Å². The zero-order valence-electron chi connectivity index (χ0n) is 11.6. The lowest BCUT2D eigenvalue weighted by molar-refractivity contribution is -0.137. The van der Waals surface area contributed by atoms with E-state index in [-0.39, 0.29) is 23.8 Å². The van der Waals surface area contributed by atoms with E-state index in [1.807, 2.05) is 9.58 Å². The van der Waals surface area contributed by atoms with Gasteiger partial charge in [-0.1, -0.05) is 0 Å². The van der Waals surface area contributed by atoms with Crippen LogP contribution in [0.1, 0.15) is 25.3 Å². The average molecular weight is 277 g/mol. The molecule has 2 fully saturated rings. The molecule has 2 aliphatic rings. The largest absolute Gasteiger partial charge is 0.345 e. The molecule has 20 heavy (non-hydrogen) atoms. The number of nitrogens with zero attached hydrogens (tertiary/aromatic N) is 5. The Labute approximate surface area is 117 Å². The van der Waals surface area contributed by atoms with E-state index in [1.54, 1.807) is 18.3 Å². The quantitative estimate of drug-likeness (QED) is 0.758. The highest BCUT2D eigenvalue weighted by Crippen LogP contribution is 2.24. The van der Waals surface area contributed by atoms with E-state index in [2.05, 4.69) is 10.1 Å². The zero-order valence-corrected chi connectivity index (χ0v) is 11.6. The number of carbonyl (C=O) groups is 2. The zero-order chi connectivity index (χ0) is 14.1. The first-order chi connectivity index (χ1) is 9.65. The van der Waals surface area contributed by atoms with Crippen molar-refractivity contribution in [3.8, 4) is 0 Å². The molecule has 2 amide bonds. The van der Waals surface area contributed by atoms with Crippen LogP contribution in [-0.2, 0) is 9.59 Å². The fourth-order valence-corrected chi connectivity index (χ4v) is 3.06. The van der Waals surface area contributed by atoms with Gasteiger partial charge in [0.25, 0.3) is 0 Å². The summed E-state index contributed by atoms with van der Waals surface area (Å²) in [7, 11) is 1.75. The van der Waals surface area contributed by atoms with Crippen molar-refractivity contribution in [2.24, 2.45) is 5.92 Å². The summed E-state index contributed by atoms with van der Waals surface area (Å²) < 4.78 is 1.82. The van der Waals surface area contributed by atoms with Crippen LogP contribution < -0.4 is 0 Å². The minimum Gasteiger partial charge on any atom is -0.345 e. The minimum absolute atomic E-state index is 0.0631. The molecule has 0 aromatic carbocycles. The lowest BCUT2D eigenvalue weighted by Crippen LogP contribution is -2.44. The lowest BCUT2D eigenvalue weighted by Gasteiger charge is -2.34. The Kier molecular flexibility index (Phi) is 3.42. The molecule has 7 nitrogen and oxygen atoms in total. The second-order valence-electron chi connectivity index (χ2n) is 5.63. The van der Waals surface area contributed by atoms with Crippen LogP contribution in [0.15, 0.2) is 12.7 Å². The Bertz CT molecular complexity index is 501. The number of carbonyl (C=O) groups excluding carboxylic acids is 2. The average Bonchev–Trinajstić information content (AvgIpc) is 3.09. The van der Waals surface area contributed by atoms with Gasteiger partial charge in [0.2, 0.25) is 11.8 Å². The van der Waals surface area contributed by atoms with Crippen molar-refractivity contribution in [1.82, 2.24) is 24.6 Å². The molecule has 0 spiro atoms. The molecule has 0 N–H and O–H groups in total. The Morgan fingerprint density at radius 3 is 2.90 bits per heavy atom. The standard InChI is InChI=1S/C13H19N5O2/c1-16-6-10(5-12(16)19)13(20)17-4-2-3-11(7-17)18-9-14-8-15-18/h8-11H,2-7H2,1H3/t10-,11+/m1/s1. The van der Waals surface area contributed by atoms with Crippen LogP contribution in [-0.4, -0.2) is 63.1 Å². The van der Waals surface area contributed by atoms with Gasteiger partial charge in [-0.25, -0.2) is 9.67 Å². The summed E-state index contributed by atoms with van der Waals surface area (Å²) in [5.41, 5.74) is 0. The van der Waals surface area contributed by atoms with Gasteiger partial charge < -0.3 is 9.80 Å². The molecule has 2 aliphatic heterocycles. The highest BCUT2D eigenvalue weighted by Gasteiger charge is 2.36. The molecular weight excluding hydrogens is 258 g/mol. The molecule has 7 heteroatoms. The smallest absolute Gasteiger partial charge is 0.228 e. The van der Waals surface area contributed by atoms with Crippen molar-refractivity contribution in [1.29, 1.82) is 0 Å². The van der Waals surface area contributed by atoms with Gasteiger partial charge in [0.05, 0.1) is 12.0 Å². The fourth-order valence-electron chi connectivity index (χ4n) is 3.06. The van der Waals surface area contributed by atoms with Gasteiger partial charge in [0, 0.05) is 33.1 Å². The predicted octanol–water partition coefficient (Wildman–Crippen LogP) is -0.0801. The lowest BCUT2D eigenvalue weighted by atomic mass is 10.0. The number of hydrogen-bond acceptors (Lipinski definition) is 4. The van der Waals surface area contributed by atoms with Crippen LogP contribution in [0.2, 0.25) is 0 Å². The third kappa shape index (κ3) is 2.39. The minimum atomic E-state index is -0.179. The summed E-state index contributed by atoms with van der Waals surface area (Å²) in [5.74, 6) is -0.0114. The van der Waals surface area contributed by atoms with Gasteiger partial charge in [0.1, 0.15) is 12.7 Å². The molecule has 2 saturated heterocycles. The molecular formula is C13H19N5O2. The number of rotatable bonds is 2. The number of amides is 2. The van der Waals surface area contributed by atoms with Crippen molar-refractivity contribution in [2.45, 2.75) is 25.3 Å². The van der Waals surface area contributed by atoms with E-state index >= 15 is 0 Å². The van der Waals surface area contributed by atoms with E-state index in [0.29, 0.717) is 19.5 Å². The van der Waals surface area contributed by atoms with Gasteiger partial charge in [0.15, 0.2) is 0 Å². The van der Waals surface area contributed by atoms with Gasteiger partial charge in [-0.05, 0) is 12.8 Å². The van der Waals surface area contributed by atoms with Crippen LogP contribution in [0.5, 0.6) is 0 Å². The highest BCUT2D eigenvalue weighted by atomic mass is 16.2. The Balaban J connectivity index is 1.65. The molecule has 0 bridgehead atoms. The second kappa shape index (κ2) is 5.22. The van der Waals surface area contributed by atoms with Gasteiger partial charge in [-0.2, -0.15) is 5.10 Å². The van der Waals surface area contributed by atoms with Crippen LogP contribution >= 0.6 is 0 Å². The third-order valence-corrected chi connectivity index (χ3v) is 4.21. The monoisotopic (exact) mass is 277 g/mol. The van der Waals surface area contributed by atoms with Crippen molar-refractivity contribution in [2.75, 3.05) is 26.7 Å². The first-order valence-electron chi connectivity index (χ1n) is 7.02. The first-order valence-corrected chi connectivity index (χ1v) is 7.02. The van der Waals surface area contributed by atoms with E-state index in [4.69, 9.17) is 0 Å². The van der Waals surface area contributed by atoms with Crippen LogP contribution in [0.25, 0.3) is 0 Å². The van der Waals surface area contributed by atoms with Crippen molar-refractivity contribution in [3.05, 3.63) is 12.7 Å². The second-order valence-corrected chi connectivity index (χ2v) is 5.63. The van der Waals surface area contributed by atoms with Gasteiger partial charge in [-0.3, -0.25) is 9.59 Å². The van der Waals surface area contributed by atoms with Crippen molar-refractivity contribution < 1.29 is 9.59 Å². The van der Waals surface area contributed by atoms with Crippen LogP contribution in [0, 0.1) is 5.92 Å². The van der Waals surface area contributed by atoms with Gasteiger partial charge >= 0.3 is 0 Å². The maximum absolute atomic E-state index is 12.5. The number of piperidine rings is 1. The topological polar surface area (TPSA) is 71.3 Å². The molecule has 0 aliphatic carbocycles. The summed E-state index contributed by atoms with van der Waals surface area (Å²) in [6.45, 7) is 1.98. The molecule has 3 rings (SSSR count). The molecule has 2 atom stereocenters. The molecule has 1 aromatic heterocycles. The SMILES string of the molecule is CN1C[C@H](C(=O)N2CCC[C@H](n3cncn3)C2)CC1=O. The molecule has 0 unspecified atom stereocenters. The molecule has 108 valence electrons. The normalized spacial score (nSPS) is 27.1. The molecule has 3 heterocycles. The molecule has 0 saturated carbocycles. The Morgan fingerprint density at radius 1 is 1.40 bits per heavy atom. The van der Waals surface area contributed by atoms with Gasteiger partial charge in [-0.15, -0.1) is 0 Å². The van der Waals surface area contributed by atoms with Crippen LogP contribution in [0.3, 0.4) is 0 Å². The maximum atomic E-state index is 12.5. The Morgan fingerprint density at radius 2 is 2.25 bits per heavy atom. The summed E-state index contributed by atoms with van der Waals surface area (Å²) >= 11 is 0. The summed E-state index contributed by atoms with van der Waals surface area (Å²) in [4.78, 5) is 31.5. The number of aromatic nitrogens is 3. The predicted molar refractivity (Wildman–Crippen MR) is 70.6 cm³/mol. The highest BCUT2D eigenvalue weighted by molar-refractivity contribution is 5.89. The number of hydrogen-bond donors (Lipinski definition) is 0. The maximum Gasteiger partial charge on any atom is 0.228 e.